The summed E-state index contributed by atoms with van der Waals surface area (Å²) in [7, 11) is 2.19. The van der Waals surface area contributed by atoms with Gasteiger partial charge in [-0.2, -0.15) is 0 Å². The molecule has 15 heavy (non-hydrogen) atoms. The van der Waals surface area contributed by atoms with E-state index >= 15 is 0 Å². The quantitative estimate of drug-likeness (QED) is 0.672. The largest absolute Gasteiger partial charge is 0.306 e. The Kier molecular flexibility index (Phi) is 5.20. The Morgan fingerprint density at radius 2 is 1.87 bits per heavy atom. The maximum Gasteiger partial charge on any atom is 0.0118 e. The van der Waals surface area contributed by atoms with Gasteiger partial charge in [0.05, 0.1) is 0 Å². The lowest BCUT2D eigenvalue weighted by atomic mass is 10.1. The van der Waals surface area contributed by atoms with Gasteiger partial charge in [0.2, 0.25) is 0 Å². The molecule has 0 spiro atoms. The summed E-state index contributed by atoms with van der Waals surface area (Å²) in [6.45, 7) is 12.3. The summed E-state index contributed by atoms with van der Waals surface area (Å²) in [6.07, 6.45) is 6.66. The first-order valence-electron chi connectivity index (χ1n) is 5.45. The molecule has 2 heteroatoms. The average molecular weight is 223 g/mol. The van der Waals surface area contributed by atoms with Gasteiger partial charge < -0.3 is 4.90 Å². The molecule has 1 aliphatic rings. The van der Waals surface area contributed by atoms with Crippen molar-refractivity contribution in [2.45, 2.75) is 25.0 Å². The van der Waals surface area contributed by atoms with Gasteiger partial charge in [-0.25, -0.2) is 0 Å². The molecule has 0 atom stereocenters. The molecule has 1 aliphatic heterocycles. The topological polar surface area (TPSA) is 3.24 Å². The molecule has 1 nitrogen and oxygen atoms in total. The molecule has 1 saturated heterocycles. The van der Waals surface area contributed by atoms with Crippen LogP contribution in [0.2, 0.25) is 0 Å². The zero-order valence-corrected chi connectivity index (χ0v) is 10.6. The fourth-order valence-corrected chi connectivity index (χ4v) is 2.61. The molecule has 0 radical (unpaired) electrons. The van der Waals surface area contributed by atoms with Crippen molar-refractivity contribution in [1.82, 2.24) is 4.90 Å². The Morgan fingerprint density at radius 1 is 1.27 bits per heavy atom. The SMILES string of the molecule is C=C(C)/C=C\C(=C)SC1CCN(C)CC1. The fourth-order valence-electron chi connectivity index (χ4n) is 1.59. The first-order valence-corrected chi connectivity index (χ1v) is 6.33. The summed E-state index contributed by atoms with van der Waals surface area (Å²) in [6, 6.07) is 0. The highest BCUT2D eigenvalue weighted by molar-refractivity contribution is 8.03. The van der Waals surface area contributed by atoms with Crippen LogP contribution in [0, 0.1) is 0 Å². The van der Waals surface area contributed by atoms with Crippen molar-refractivity contribution >= 4 is 11.8 Å². The average Bonchev–Trinajstić information content (AvgIpc) is 2.19. The lowest BCUT2D eigenvalue weighted by molar-refractivity contribution is 0.282. The van der Waals surface area contributed by atoms with E-state index in [1.807, 2.05) is 24.8 Å². The minimum atomic E-state index is 0.753. The van der Waals surface area contributed by atoms with Crippen LogP contribution in [0.5, 0.6) is 0 Å². The van der Waals surface area contributed by atoms with Crippen LogP contribution in [-0.4, -0.2) is 30.3 Å². The Balaban J connectivity index is 2.29. The third-order valence-electron chi connectivity index (χ3n) is 2.54. The summed E-state index contributed by atoms with van der Waals surface area (Å²) in [4.78, 5) is 3.55. The van der Waals surface area contributed by atoms with Crippen LogP contribution < -0.4 is 0 Å². The Bertz CT molecular complexity index is 260. The van der Waals surface area contributed by atoms with E-state index in [0.29, 0.717) is 0 Å². The van der Waals surface area contributed by atoms with Crippen molar-refractivity contribution in [1.29, 1.82) is 0 Å². The van der Waals surface area contributed by atoms with Crippen LogP contribution in [0.25, 0.3) is 0 Å². The molecule has 0 bridgehead atoms. The van der Waals surface area contributed by atoms with Gasteiger partial charge in [-0.05, 0) is 46.0 Å². The number of thioether (sulfide) groups is 1. The van der Waals surface area contributed by atoms with Gasteiger partial charge in [-0.15, -0.1) is 11.8 Å². The Morgan fingerprint density at radius 3 is 2.40 bits per heavy atom. The maximum atomic E-state index is 4.06. The van der Waals surface area contributed by atoms with E-state index in [2.05, 4.69) is 31.2 Å². The van der Waals surface area contributed by atoms with Crippen LogP contribution in [0.4, 0.5) is 0 Å². The molecule has 1 fully saturated rings. The Hall–Kier alpha value is -0.470. The molecule has 0 aromatic rings. The van der Waals surface area contributed by atoms with Crippen molar-refractivity contribution in [3.63, 3.8) is 0 Å². The van der Waals surface area contributed by atoms with Crippen molar-refractivity contribution in [3.8, 4) is 0 Å². The molecule has 0 aromatic heterocycles. The van der Waals surface area contributed by atoms with E-state index in [9.17, 15) is 0 Å². The zero-order valence-electron chi connectivity index (χ0n) is 9.83. The van der Waals surface area contributed by atoms with Crippen LogP contribution in [0.3, 0.4) is 0 Å². The van der Waals surface area contributed by atoms with Crippen molar-refractivity contribution in [3.05, 3.63) is 35.8 Å². The molecule has 1 rings (SSSR count). The molecule has 0 N–H and O–H groups in total. The number of hydrogen-bond donors (Lipinski definition) is 0. The third-order valence-corrected chi connectivity index (χ3v) is 3.78. The van der Waals surface area contributed by atoms with E-state index in [4.69, 9.17) is 0 Å². The first-order chi connectivity index (χ1) is 7.08. The second-order valence-electron chi connectivity index (χ2n) is 4.27. The van der Waals surface area contributed by atoms with Crippen LogP contribution >= 0.6 is 11.8 Å². The number of likely N-dealkylation sites (tertiary alicyclic amines) is 1. The summed E-state index contributed by atoms with van der Waals surface area (Å²) in [5.41, 5.74) is 1.08. The van der Waals surface area contributed by atoms with Crippen LogP contribution in [0.15, 0.2) is 35.8 Å². The molecule has 0 amide bonds. The van der Waals surface area contributed by atoms with Gasteiger partial charge in [0.15, 0.2) is 0 Å². The Labute approximate surface area is 97.9 Å². The van der Waals surface area contributed by atoms with E-state index < -0.39 is 0 Å². The molecule has 0 saturated carbocycles. The lowest BCUT2D eigenvalue weighted by Crippen LogP contribution is -2.31. The smallest absolute Gasteiger partial charge is 0.0118 e. The van der Waals surface area contributed by atoms with Crippen molar-refractivity contribution in [2.24, 2.45) is 0 Å². The standard InChI is InChI=1S/C13H21NS/c1-11(2)5-6-12(3)15-13-7-9-14(4)10-8-13/h5-6,13H,1,3,7-10H2,2,4H3/b6-5-. The predicted molar refractivity (Wildman–Crippen MR) is 71.2 cm³/mol. The number of hydrogen-bond acceptors (Lipinski definition) is 2. The highest BCUT2D eigenvalue weighted by atomic mass is 32.2. The molecule has 0 aromatic carbocycles. The molecular formula is C13H21NS. The monoisotopic (exact) mass is 223 g/mol. The highest BCUT2D eigenvalue weighted by Crippen LogP contribution is 2.28. The molecule has 0 unspecified atom stereocenters. The van der Waals surface area contributed by atoms with Gasteiger partial charge in [-0.3, -0.25) is 0 Å². The third kappa shape index (κ3) is 5.24. The zero-order chi connectivity index (χ0) is 11.3. The number of nitrogens with zero attached hydrogens (tertiary/aromatic N) is 1. The second kappa shape index (κ2) is 6.19. The highest BCUT2D eigenvalue weighted by Gasteiger charge is 2.16. The molecular weight excluding hydrogens is 202 g/mol. The van der Waals surface area contributed by atoms with Crippen molar-refractivity contribution < 1.29 is 0 Å². The van der Waals surface area contributed by atoms with Gasteiger partial charge in [-0.1, -0.05) is 24.8 Å². The van der Waals surface area contributed by atoms with E-state index in [0.717, 1.165) is 15.7 Å². The lowest BCUT2D eigenvalue weighted by Gasteiger charge is -2.28. The van der Waals surface area contributed by atoms with Gasteiger partial charge in [0, 0.05) is 10.2 Å². The van der Waals surface area contributed by atoms with E-state index in [-0.39, 0.29) is 0 Å². The van der Waals surface area contributed by atoms with Crippen molar-refractivity contribution in [2.75, 3.05) is 20.1 Å². The fraction of sp³-hybridized carbons (Fsp3) is 0.538. The summed E-state index contributed by atoms with van der Waals surface area (Å²) < 4.78 is 0. The van der Waals surface area contributed by atoms with Gasteiger partial charge in [0.1, 0.15) is 0 Å². The van der Waals surface area contributed by atoms with E-state index in [1.165, 1.54) is 25.9 Å². The van der Waals surface area contributed by atoms with Gasteiger partial charge >= 0.3 is 0 Å². The van der Waals surface area contributed by atoms with Gasteiger partial charge in [0.25, 0.3) is 0 Å². The number of piperidine rings is 1. The maximum absolute atomic E-state index is 4.06. The van der Waals surface area contributed by atoms with Crippen LogP contribution in [-0.2, 0) is 0 Å². The second-order valence-corrected chi connectivity index (χ2v) is 5.69. The molecule has 1 heterocycles. The summed E-state index contributed by atoms with van der Waals surface area (Å²) >= 11 is 1.92. The minimum absolute atomic E-state index is 0.753. The number of rotatable bonds is 4. The van der Waals surface area contributed by atoms with Crippen LogP contribution in [0.1, 0.15) is 19.8 Å². The first kappa shape index (κ1) is 12.6. The van der Waals surface area contributed by atoms with E-state index in [1.54, 1.807) is 0 Å². The predicted octanol–water partition coefficient (Wildman–Crippen LogP) is 3.46. The summed E-state index contributed by atoms with van der Waals surface area (Å²) in [5, 5.41) is 0.753. The molecule has 0 aliphatic carbocycles. The molecule has 84 valence electrons. The minimum Gasteiger partial charge on any atom is -0.306 e. The number of allylic oxidation sites excluding steroid dienone is 3. The normalized spacial score (nSPS) is 19.6. The summed E-state index contributed by atoms with van der Waals surface area (Å²) in [5.74, 6) is 0.